The molecule has 172 valence electrons. The lowest BCUT2D eigenvalue weighted by Gasteiger charge is -2.21. The van der Waals surface area contributed by atoms with Gasteiger partial charge in [0.15, 0.2) is 11.5 Å². The fraction of sp³-hybridized carbons (Fsp3) is 0.231. The number of carbonyl (C=O) groups excluding carboxylic acids is 1. The minimum absolute atomic E-state index is 0.188. The third kappa shape index (κ3) is 5.09. The molecule has 1 aromatic heterocycles. The molecule has 0 unspecified atom stereocenters. The van der Waals surface area contributed by atoms with Crippen LogP contribution in [0.3, 0.4) is 0 Å². The number of likely N-dealkylation sites (N-methyl/N-ethyl adjacent to an activating group) is 1. The van der Waals surface area contributed by atoms with E-state index in [2.05, 4.69) is 10.3 Å². The highest BCUT2D eigenvalue weighted by Gasteiger charge is 2.16. The van der Waals surface area contributed by atoms with Crippen LogP contribution in [0.25, 0.3) is 6.08 Å². The summed E-state index contributed by atoms with van der Waals surface area (Å²) in [5.74, 6) is 1.73. The monoisotopic (exact) mass is 446 g/mol. The van der Waals surface area contributed by atoms with E-state index in [1.807, 2.05) is 57.2 Å². The Morgan fingerprint density at radius 3 is 2.48 bits per heavy atom. The number of nitrogen functional groups attached to an aromatic ring is 1. The average Bonchev–Trinajstić information content (AvgIpc) is 2.80. The first-order valence-corrected chi connectivity index (χ1v) is 10.5. The van der Waals surface area contributed by atoms with Crippen molar-refractivity contribution in [2.45, 2.75) is 20.8 Å². The van der Waals surface area contributed by atoms with Gasteiger partial charge in [0.2, 0.25) is 0 Å². The zero-order chi connectivity index (χ0) is 24.1. The fourth-order valence-electron chi connectivity index (χ4n) is 3.67. The topological polar surface area (TPSA) is 89.7 Å². The fourth-order valence-corrected chi connectivity index (χ4v) is 3.67. The second-order valence-corrected chi connectivity index (χ2v) is 7.79. The molecule has 0 radical (unpaired) electrons. The molecule has 0 aliphatic rings. The molecular weight excluding hydrogens is 416 g/mol. The van der Waals surface area contributed by atoms with Crippen molar-refractivity contribution in [1.29, 1.82) is 0 Å². The van der Waals surface area contributed by atoms with Gasteiger partial charge in [0, 0.05) is 36.6 Å². The van der Waals surface area contributed by atoms with Gasteiger partial charge in [0.25, 0.3) is 5.91 Å². The van der Waals surface area contributed by atoms with E-state index in [-0.39, 0.29) is 5.91 Å². The van der Waals surface area contributed by atoms with Crippen molar-refractivity contribution in [1.82, 2.24) is 4.98 Å². The number of pyridine rings is 1. The third-order valence-corrected chi connectivity index (χ3v) is 5.47. The van der Waals surface area contributed by atoms with Crippen LogP contribution in [0.4, 0.5) is 22.9 Å². The summed E-state index contributed by atoms with van der Waals surface area (Å²) in [6, 6.07) is 11.4. The molecule has 0 spiro atoms. The zero-order valence-corrected chi connectivity index (χ0v) is 19.9. The van der Waals surface area contributed by atoms with Gasteiger partial charge < -0.3 is 25.4 Å². The first kappa shape index (κ1) is 23.7. The lowest BCUT2D eigenvalue weighted by molar-refractivity contribution is -0.113. The number of benzene rings is 2. The Labute approximate surface area is 194 Å². The molecule has 1 heterocycles. The van der Waals surface area contributed by atoms with Gasteiger partial charge in [-0.05, 0) is 61.7 Å². The van der Waals surface area contributed by atoms with Crippen molar-refractivity contribution >= 4 is 34.9 Å². The van der Waals surface area contributed by atoms with Crippen LogP contribution in [-0.2, 0) is 4.79 Å². The van der Waals surface area contributed by atoms with Crippen LogP contribution < -0.4 is 25.4 Å². The molecule has 3 rings (SSSR count). The van der Waals surface area contributed by atoms with Crippen LogP contribution in [0.5, 0.6) is 11.5 Å². The Balaban J connectivity index is 1.86. The number of anilines is 4. The van der Waals surface area contributed by atoms with Gasteiger partial charge in [-0.3, -0.25) is 4.79 Å². The molecule has 0 saturated carbocycles. The smallest absolute Gasteiger partial charge is 0.250 e. The number of methoxy groups -OCH3 is 2. The van der Waals surface area contributed by atoms with Crippen LogP contribution in [0, 0.1) is 20.8 Å². The van der Waals surface area contributed by atoms with E-state index < -0.39 is 0 Å². The number of hydrogen-bond acceptors (Lipinski definition) is 6. The Kier molecular flexibility index (Phi) is 7.23. The van der Waals surface area contributed by atoms with Gasteiger partial charge in [0.1, 0.15) is 5.82 Å². The molecule has 0 atom stereocenters. The maximum absolute atomic E-state index is 12.9. The SMILES string of the molecule is COc1cc(Nc2ncccc2/C=C/C(=O)N(C)c2c(C)ccc(C)c2N)cc(C)c1OC. The molecule has 3 N–H and O–H groups in total. The van der Waals surface area contributed by atoms with E-state index in [1.165, 1.54) is 6.08 Å². The maximum atomic E-state index is 12.9. The van der Waals surface area contributed by atoms with Crippen molar-refractivity contribution in [2.75, 3.05) is 37.2 Å². The highest BCUT2D eigenvalue weighted by atomic mass is 16.5. The summed E-state index contributed by atoms with van der Waals surface area (Å²) in [6.45, 7) is 5.81. The molecule has 33 heavy (non-hydrogen) atoms. The van der Waals surface area contributed by atoms with Crippen LogP contribution in [0.2, 0.25) is 0 Å². The largest absolute Gasteiger partial charge is 0.493 e. The molecular formula is C26H30N4O3. The van der Waals surface area contributed by atoms with Gasteiger partial charge in [0.05, 0.1) is 25.6 Å². The van der Waals surface area contributed by atoms with E-state index in [4.69, 9.17) is 15.2 Å². The average molecular weight is 447 g/mol. The summed E-state index contributed by atoms with van der Waals surface area (Å²) in [6.07, 6.45) is 4.95. The predicted octanol–water partition coefficient (Wildman–Crippen LogP) is 5.03. The highest BCUT2D eigenvalue weighted by molar-refractivity contribution is 6.06. The number of nitrogens with one attached hydrogen (secondary N) is 1. The third-order valence-electron chi connectivity index (χ3n) is 5.47. The van der Waals surface area contributed by atoms with Crippen LogP contribution >= 0.6 is 0 Å². The molecule has 0 saturated heterocycles. The second-order valence-electron chi connectivity index (χ2n) is 7.79. The van der Waals surface area contributed by atoms with Crippen LogP contribution in [-0.4, -0.2) is 32.2 Å². The molecule has 3 aromatic rings. The summed E-state index contributed by atoms with van der Waals surface area (Å²) in [5.41, 5.74) is 11.9. The molecule has 0 fully saturated rings. The first-order valence-electron chi connectivity index (χ1n) is 10.5. The van der Waals surface area contributed by atoms with Gasteiger partial charge in [-0.15, -0.1) is 0 Å². The standard InChI is InChI=1S/C26H30N4O3/c1-16-9-10-17(2)24(23(16)27)30(4)22(31)12-11-19-8-7-13-28-26(19)29-20-14-18(3)25(33-6)21(15-20)32-5/h7-15H,27H2,1-6H3,(H,28,29)/b12-11+. The van der Waals surface area contributed by atoms with Gasteiger partial charge >= 0.3 is 0 Å². The normalized spacial score (nSPS) is 10.8. The van der Waals surface area contributed by atoms with Gasteiger partial charge in [-0.2, -0.15) is 0 Å². The molecule has 7 nitrogen and oxygen atoms in total. The Hall–Kier alpha value is -4.00. The number of aromatic nitrogens is 1. The summed E-state index contributed by atoms with van der Waals surface area (Å²) in [7, 11) is 4.93. The zero-order valence-electron chi connectivity index (χ0n) is 19.9. The van der Waals surface area contributed by atoms with Crippen molar-refractivity contribution in [3.8, 4) is 11.5 Å². The first-order chi connectivity index (χ1) is 15.8. The molecule has 0 bridgehead atoms. The van der Waals surface area contributed by atoms with Crippen molar-refractivity contribution in [3.63, 3.8) is 0 Å². The number of amides is 1. The van der Waals surface area contributed by atoms with Crippen molar-refractivity contribution in [3.05, 3.63) is 70.9 Å². The molecule has 1 amide bonds. The lowest BCUT2D eigenvalue weighted by atomic mass is 10.1. The van der Waals surface area contributed by atoms with E-state index in [1.54, 1.807) is 38.4 Å². The Morgan fingerprint density at radius 1 is 1.06 bits per heavy atom. The van der Waals surface area contributed by atoms with E-state index in [0.717, 1.165) is 33.6 Å². The molecule has 7 heteroatoms. The number of ether oxygens (including phenoxy) is 2. The van der Waals surface area contributed by atoms with Crippen LogP contribution in [0.15, 0.2) is 48.7 Å². The van der Waals surface area contributed by atoms with Crippen molar-refractivity contribution in [2.24, 2.45) is 0 Å². The van der Waals surface area contributed by atoms with Crippen LogP contribution in [0.1, 0.15) is 22.3 Å². The molecule has 2 aromatic carbocycles. The summed E-state index contributed by atoms with van der Waals surface area (Å²) >= 11 is 0. The minimum Gasteiger partial charge on any atom is -0.493 e. The number of rotatable bonds is 7. The minimum atomic E-state index is -0.188. The Bertz CT molecular complexity index is 1200. The number of nitrogens with two attached hydrogens (primary N) is 1. The quantitative estimate of drug-likeness (QED) is 0.391. The van der Waals surface area contributed by atoms with E-state index in [9.17, 15) is 4.79 Å². The second kappa shape index (κ2) is 10.1. The molecule has 0 aliphatic heterocycles. The van der Waals surface area contributed by atoms with Gasteiger partial charge in [-0.25, -0.2) is 4.98 Å². The summed E-state index contributed by atoms with van der Waals surface area (Å²) in [4.78, 5) is 18.9. The van der Waals surface area contributed by atoms with E-state index >= 15 is 0 Å². The lowest BCUT2D eigenvalue weighted by Crippen LogP contribution is -2.26. The number of carbonyl (C=O) groups is 1. The summed E-state index contributed by atoms with van der Waals surface area (Å²) in [5, 5.41) is 3.31. The number of aryl methyl sites for hydroxylation is 3. The number of hydrogen-bond donors (Lipinski definition) is 2. The molecule has 0 aliphatic carbocycles. The number of nitrogens with zero attached hydrogens (tertiary/aromatic N) is 2. The van der Waals surface area contributed by atoms with Gasteiger partial charge in [-0.1, -0.05) is 12.1 Å². The predicted molar refractivity (Wildman–Crippen MR) is 135 cm³/mol. The highest BCUT2D eigenvalue weighted by Crippen LogP contribution is 2.35. The van der Waals surface area contributed by atoms with E-state index in [0.29, 0.717) is 23.0 Å². The maximum Gasteiger partial charge on any atom is 0.250 e. The summed E-state index contributed by atoms with van der Waals surface area (Å²) < 4.78 is 10.9. The van der Waals surface area contributed by atoms with Crippen molar-refractivity contribution < 1.29 is 14.3 Å². The Morgan fingerprint density at radius 2 is 1.79 bits per heavy atom.